The fraction of sp³-hybridized carbons (Fsp3) is 0.318. The molecule has 0 spiro atoms. The topological polar surface area (TPSA) is 55.3 Å². The van der Waals surface area contributed by atoms with Gasteiger partial charge in [-0.25, -0.2) is 14.8 Å². The summed E-state index contributed by atoms with van der Waals surface area (Å²) in [5, 5.41) is 1.35. The van der Waals surface area contributed by atoms with E-state index in [1.165, 1.54) is 5.56 Å². The van der Waals surface area contributed by atoms with Gasteiger partial charge in [-0.05, 0) is 56.0 Å². The first-order valence-electron chi connectivity index (χ1n) is 9.47. The Balaban J connectivity index is 1.56. The van der Waals surface area contributed by atoms with Crippen LogP contribution in [0.2, 0.25) is 5.15 Å². The number of carbonyl (C=O) groups is 1. The van der Waals surface area contributed by atoms with E-state index in [-0.39, 0.29) is 6.61 Å². The predicted octanol–water partition coefficient (Wildman–Crippen LogP) is 4.86. The molecular weight excluding hydrogens is 374 g/mol. The number of fused-ring (bicyclic) bond motifs is 1. The van der Waals surface area contributed by atoms with Crippen molar-refractivity contribution in [3.63, 3.8) is 0 Å². The Hall–Kier alpha value is -2.66. The summed E-state index contributed by atoms with van der Waals surface area (Å²) in [7, 11) is 0. The molecule has 0 radical (unpaired) electrons. The zero-order valence-corrected chi connectivity index (χ0v) is 16.8. The number of anilines is 1. The molecule has 3 aromatic rings. The second kappa shape index (κ2) is 7.76. The van der Waals surface area contributed by atoms with Gasteiger partial charge >= 0.3 is 5.97 Å². The lowest BCUT2D eigenvalue weighted by molar-refractivity contribution is 0.0473. The maximum absolute atomic E-state index is 12.7. The van der Waals surface area contributed by atoms with Crippen LogP contribution in [0.3, 0.4) is 0 Å². The highest BCUT2D eigenvalue weighted by molar-refractivity contribution is 6.30. The van der Waals surface area contributed by atoms with Gasteiger partial charge in [-0.1, -0.05) is 23.7 Å². The fourth-order valence-electron chi connectivity index (χ4n) is 3.56. The molecule has 1 fully saturated rings. The van der Waals surface area contributed by atoms with Crippen LogP contribution in [0.25, 0.3) is 10.9 Å². The second-order valence-electron chi connectivity index (χ2n) is 7.16. The molecular formula is C22H22ClN3O2. The number of esters is 1. The number of benzene rings is 1. The van der Waals surface area contributed by atoms with Crippen LogP contribution in [0.1, 0.15) is 39.9 Å². The highest BCUT2D eigenvalue weighted by atomic mass is 35.5. The van der Waals surface area contributed by atoms with Crippen molar-refractivity contribution >= 4 is 34.3 Å². The molecule has 6 heteroatoms. The predicted molar refractivity (Wildman–Crippen MR) is 111 cm³/mol. The first-order chi connectivity index (χ1) is 13.5. The third-order valence-electron chi connectivity index (χ3n) is 5.31. The van der Waals surface area contributed by atoms with E-state index in [1.807, 2.05) is 26.0 Å². The molecule has 0 aliphatic carbocycles. The van der Waals surface area contributed by atoms with Crippen LogP contribution in [-0.2, 0) is 11.3 Å². The molecule has 0 atom stereocenters. The van der Waals surface area contributed by atoms with Crippen LogP contribution >= 0.6 is 11.6 Å². The van der Waals surface area contributed by atoms with Gasteiger partial charge < -0.3 is 9.64 Å². The molecule has 1 aliphatic rings. The van der Waals surface area contributed by atoms with Gasteiger partial charge in [-0.15, -0.1) is 0 Å². The summed E-state index contributed by atoms with van der Waals surface area (Å²) in [6, 6.07) is 9.52. The monoisotopic (exact) mass is 395 g/mol. The number of hydrogen-bond donors (Lipinski definition) is 0. The highest BCUT2D eigenvalue weighted by Crippen LogP contribution is 2.27. The first kappa shape index (κ1) is 18.7. The lowest BCUT2D eigenvalue weighted by Gasteiger charge is -2.19. The van der Waals surface area contributed by atoms with Crippen molar-refractivity contribution in [2.75, 3.05) is 18.0 Å². The molecule has 144 valence electrons. The Morgan fingerprint density at radius 1 is 1.21 bits per heavy atom. The van der Waals surface area contributed by atoms with Crippen molar-refractivity contribution in [2.24, 2.45) is 0 Å². The van der Waals surface area contributed by atoms with Gasteiger partial charge in [-0.2, -0.15) is 0 Å². The Labute approximate surface area is 169 Å². The molecule has 2 aromatic heterocycles. The molecule has 1 aromatic carbocycles. The molecule has 0 bridgehead atoms. The number of halogens is 1. The number of aryl methyl sites for hydroxylation is 2. The second-order valence-corrected chi connectivity index (χ2v) is 7.52. The highest BCUT2D eigenvalue weighted by Gasteiger charge is 2.22. The number of rotatable bonds is 4. The van der Waals surface area contributed by atoms with E-state index in [9.17, 15) is 4.79 Å². The smallest absolute Gasteiger partial charge is 0.342 e. The number of aromatic nitrogens is 2. The summed E-state index contributed by atoms with van der Waals surface area (Å²) >= 11 is 6.37. The molecule has 5 nitrogen and oxygen atoms in total. The number of ether oxygens (including phenoxy) is 1. The zero-order valence-electron chi connectivity index (χ0n) is 16.0. The van der Waals surface area contributed by atoms with Crippen LogP contribution < -0.4 is 4.90 Å². The minimum absolute atomic E-state index is 0.0713. The van der Waals surface area contributed by atoms with Gasteiger partial charge in [0.2, 0.25) is 0 Å². The van der Waals surface area contributed by atoms with E-state index in [1.54, 1.807) is 18.3 Å². The van der Waals surface area contributed by atoms with Crippen LogP contribution in [-0.4, -0.2) is 29.0 Å². The largest absolute Gasteiger partial charge is 0.457 e. The molecule has 3 heterocycles. The summed E-state index contributed by atoms with van der Waals surface area (Å²) in [6.07, 6.45) is 3.93. The molecule has 28 heavy (non-hydrogen) atoms. The molecule has 4 rings (SSSR count). The normalized spacial score (nSPS) is 13.9. The van der Waals surface area contributed by atoms with Crippen molar-refractivity contribution in [2.45, 2.75) is 33.3 Å². The Kier molecular flexibility index (Phi) is 5.18. The van der Waals surface area contributed by atoms with E-state index >= 15 is 0 Å². The van der Waals surface area contributed by atoms with Crippen LogP contribution in [0.4, 0.5) is 5.82 Å². The summed E-state index contributed by atoms with van der Waals surface area (Å²) in [6.45, 7) is 5.98. The van der Waals surface area contributed by atoms with E-state index in [4.69, 9.17) is 16.3 Å². The van der Waals surface area contributed by atoms with Crippen molar-refractivity contribution in [1.82, 2.24) is 9.97 Å². The van der Waals surface area contributed by atoms with Crippen molar-refractivity contribution in [3.8, 4) is 0 Å². The minimum atomic E-state index is -0.397. The average molecular weight is 396 g/mol. The standard InChI is InChI=1S/C22H22ClN3O2/c1-14-7-8-16-12-17(20(23)25-19(16)15(14)2)13-28-22(27)18-6-5-9-24-21(18)26-10-3-4-11-26/h5-9,12H,3-4,10-11,13H2,1-2H3. The number of nitrogens with zero attached hydrogens (tertiary/aromatic N) is 3. The summed E-state index contributed by atoms with van der Waals surface area (Å²) in [5.74, 6) is 0.296. The SMILES string of the molecule is Cc1ccc2cc(COC(=O)c3cccnc3N3CCCC3)c(Cl)nc2c1C. The van der Waals surface area contributed by atoms with E-state index in [0.29, 0.717) is 22.1 Å². The summed E-state index contributed by atoms with van der Waals surface area (Å²) in [4.78, 5) is 23.8. The van der Waals surface area contributed by atoms with Crippen molar-refractivity contribution in [3.05, 3.63) is 63.9 Å². The van der Waals surface area contributed by atoms with Gasteiger partial charge in [-0.3, -0.25) is 0 Å². The maximum Gasteiger partial charge on any atom is 0.342 e. The van der Waals surface area contributed by atoms with Crippen LogP contribution in [0.5, 0.6) is 0 Å². The van der Waals surface area contributed by atoms with Gasteiger partial charge in [0.1, 0.15) is 23.1 Å². The molecule has 0 saturated carbocycles. The summed E-state index contributed by atoms with van der Waals surface area (Å²) in [5.41, 5.74) is 4.33. The molecule has 1 aliphatic heterocycles. The van der Waals surface area contributed by atoms with Gasteiger partial charge in [0.15, 0.2) is 0 Å². The number of pyridine rings is 2. The average Bonchev–Trinajstić information content (AvgIpc) is 3.24. The van der Waals surface area contributed by atoms with E-state index in [0.717, 1.165) is 42.4 Å². The third-order valence-corrected chi connectivity index (χ3v) is 5.64. The van der Waals surface area contributed by atoms with Crippen molar-refractivity contribution < 1.29 is 9.53 Å². The maximum atomic E-state index is 12.7. The van der Waals surface area contributed by atoms with Crippen LogP contribution in [0.15, 0.2) is 36.5 Å². The fourth-order valence-corrected chi connectivity index (χ4v) is 3.76. The van der Waals surface area contributed by atoms with Gasteiger partial charge in [0.25, 0.3) is 0 Å². The van der Waals surface area contributed by atoms with Crippen molar-refractivity contribution in [1.29, 1.82) is 0 Å². The molecule has 1 saturated heterocycles. The molecule has 0 N–H and O–H groups in total. The number of carbonyl (C=O) groups excluding carboxylic acids is 1. The first-order valence-corrected chi connectivity index (χ1v) is 9.85. The lowest BCUT2D eigenvalue weighted by atomic mass is 10.0. The quantitative estimate of drug-likeness (QED) is 0.466. The number of hydrogen-bond acceptors (Lipinski definition) is 5. The van der Waals surface area contributed by atoms with Gasteiger partial charge in [0.05, 0.1) is 5.52 Å². The van der Waals surface area contributed by atoms with E-state index in [2.05, 4.69) is 20.9 Å². The minimum Gasteiger partial charge on any atom is -0.457 e. The van der Waals surface area contributed by atoms with Crippen LogP contribution in [0, 0.1) is 13.8 Å². The van der Waals surface area contributed by atoms with E-state index < -0.39 is 5.97 Å². The zero-order chi connectivity index (χ0) is 19.7. The third kappa shape index (κ3) is 3.54. The van der Waals surface area contributed by atoms with Gasteiger partial charge in [0, 0.05) is 30.2 Å². The Bertz CT molecular complexity index is 1050. The summed E-state index contributed by atoms with van der Waals surface area (Å²) < 4.78 is 5.57. The Morgan fingerprint density at radius 3 is 2.79 bits per heavy atom. The Morgan fingerprint density at radius 2 is 2.00 bits per heavy atom. The molecule has 0 unspecified atom stereocenters. The molecule has 0 amide bonds. The lowest BCUT2D eigenvalue weighted by Crippen LogP contribution is -2.22.